The summed E-state index contributed by atoms with van der Waals surface area (Å²) in [6.45, 7) is 9.00. The van der Waals surface area contributed by atoms with Crippen molar-refractivity contribution in [2.45, 2.75) is 26.6 Å². The lowest BCUT2D eigenvalue weighted by Crippen LogP contribution is -2.26. The quantitative estimate of drug-likeness (QED) is 0.606. The predicted molar refractivity (Wildman–Crippen MR) is 73.1 cm³/mol. The monoisotopic (exact) mass is 271 g/mol. The van der Waals surface area contributed by atoms with Crippen LogP contribution in [0.15, 0.2) is 21.2 Å². The Balaban J connectivity index is 3.39. The molecule has 0 aliphatic carbocycles. The lowest BCUT2D eigenvalue weighted by Gasteiger charge is -2.19. The summed E-state index contributed by atoms with van der Waals surface area (Å²) in [6.07, 6.45) is 1.67. The lowest BCUT2D eigenvalue weighted by molar-refractivity contribution is -0.131. The number of nitrogens with one attached hydrogen (secondary N) is 1. The van der Waals surface area contributed by atoms with Crippen molar-refractivity contribution in [1.82, 2.24) is 5.32 Å². The number of carboxylic acids is 1. The zero-order valence-corrected chi connectivity index (χ0v) is 12.3. The molecule has 0 saturated carbocycles. The number of carbonyl (C=O) groups is 1. The van der Waals surface area contributed by atoms with E-state index in [4.69, 9.17) is 5.11 Å². The van der Waals surface area contributed by atoms with Gasteiger partial charge in [-0.3, -0.25) is 0 Å². The second-order valence-electron chi connectivity index (χ2n) is 4.73. The van der Waals surface area contributed by atoms with Gasteiger partial charge in [-0.05, 0) is 28.7 Å². The van der Waals surface area contributed by atoms with Crippen molar-refractivity contribution in [2.75, 3.05) is 6.54 Å². The van der Waals surface area contributed by atoms with Gasteiger partial charge in [0, 0.05) is 6.54 Å². The summed E-state index contributed by atoms with van der Waals surface area (Å²) in [4.78, 5) is 22.3. The molecule has 0 radical (unpaired) electrons. The van der Waals surface area contributed by atoms with E-state index in [2.05, 4.69) is 25.0 Å². The smallest absolute Gasteiger partial charge is 0.342 e. The van der Waals surface area contributed by atoms with E-state index in [9.17, 15) is 9.59 Å². The average molecular weight is 271 g/mol. The fraction of sp³-hybridized carbons (Fsp3) is 0.455. The Kier molecular flexibility index (Phi) is 4.14. The van der Waals surface area contributed by atoms with E-state index < -0.39 is 24.5 Å². The molecule has 94 valence electrons. The van der Waals surface area contributed by atoms with Gasteiger partial charge in [-0.15, -0.1) is 0 Å². The average Bonchev–Trinajstić information content (AvgIpc) is 2.56. The Bertz CT molecular complexity index is 468. The minimum Gasteiger partial charge on any atom is -0.477 e. The van der Waals surface area contributed by atoms with Crippen molar-refractivity contribution < 1.29 is 14.7 Å². The maximum atomic E-state index is 11.1. The SMILES string of the molecule is CCNC1=C([Si](C)(C)C)C=C(C(=O)O)S1=C=O. The molecule has 0 aromatic heterocycles. The van der Waals surface area contributed by atoms with Crippen molar-refractivity contribution in [3.05, 3.63) is 21.2 Å². The molecule has 6 heteroatoms. The van der Waals surface area contributed by atoms with Crippen molar-refractivity contribution in [2.24, 2.45) is 0 Å². The van der Waals surface area contributed by atoms with E-state index >= 15 is 0 Å². The molecule has 1 aliphatic heterocycles. The van der Waals surface area contributed by atoms with E-state index in [0.29, 0.717) is 6.54 Å². The minimum atomic E-state index is -1.66. The Hall–Kier alpha value is -1.10. The van der Waals surface area contributed by atoms with Gasteiger partial charge in [-0.25, -0.2) is 9.59 Å². The molecule has 1 atom stereocenters. The van der Waals surface area contributed by atoms with Crippen molar-refractivity contribution >= 4 is 29.8 Å². The number of carboxylic acid groups (broad SMARTS) is 1. The maximum absolute atomic E-state index is 11.1. The number of hydrogen-bond acceptors (Lipinski definition) is 3. The number of allylic oxidation sites excluding steroid dienone is 2. The largest absolute Gasteiger partial charge is 0.477 e. The van der Waals surface area contributed by atoms with E-state index in [-0.39, 0.29) is 4.91 Å². The number of rotatable bonds is 4. The summed E-state index contributed by atoms with van der Waals surface area (Å²) in [6, 6.07) is 0. The van der Waals surface area contributed by atoms with Crippen LogP contribution >= 0.6 is 10.5 Å². The molecule has 2 N–H and O–H groups in total. The van der Waals surface area contributed by atoms with Crippen LogP contribution in [0, 0.1) is 0 Å². The van der Waals surface area contributed by atoms with E-state index in [1.165, 1.54) is 0 Å². The molecule has 0 amide bonds. The molecule has 0 bridgehead atoms. The third-order valence-electron chi connectivity index (χ3n) is 2.38. The molecule has 0 spiro atoms. The third-order valence-corrected chi connectivity index (χ3v) is 6.25. The predicted octanol–water partition coefficient (Wildman–Crippen LogP) is 2.00. The van der Waals surface area contributed by atoms with Crippen LogP contribution < -0.4 is 5.32 Å². The second-order valence-corrected chi connectivity index (χ2v) is 11.4. The highest BCUT2D eigenvalue weighted by molar-refractivity contribution is 8.22. The van der Waals surface area contributed by atoms with E-state index in [0.717, 1.165) is 10.2 Å². The van der Waals surface area contributed by atoms with Crippen LogP contribution in [0.2, 0.25) is 19.6 Å². The molecule has 0 fully saturated rings. The Labute approximate surface area is 104 Å². The highest BCUT2D eigenvalue weighted by Gasteiger charge is 2.32. The number of aliphatic carboxylic acids is 1. The first-order valence-electron chi connectivity index (χ1n) is 5.38. The molecular formula is C11H17NO3SSi. The summed E-state index contributed by atoms with van der Waals surface area (Å²) in [7, 11) is -2.72. The van der Waals surface area contributed by atoms with Gasteiger partial charge in [0.05, 0.1) is 13.1 Å². The fourth-order valence-corrected chi connectivity index (χ4v) is 5.64. The van der Waals surface area contributed by atoms with Gasteiger partial charge in [0.1, 0.15) is 4.91 Å². The molecule has 0 aromatic rings. The van der Waals surface area contributed by atoms with Gasteiger partial charge in [0.15, 0.2) is 5.23 Å². The minimum absolute atomic E-state index is 0.161. The first-order valence-corrected chi connectivity index (χ1v) is 10.1. The van der Waals surface area contributed by atoms with Crippen molar-refractivity contribution in [3.8, 4) is 0 Å². The van der Waals surface area contributed by atoms with E-state index in [1.54, 1.807) is 6.08 Å². The van der Waals surface area contributed by atoms with E-state index in [1.807, 2.05) is 12.2 Å². The maximum Gasteiger partial charge on any atom is 0.342 e. The molecule has 1 heterocycles. The Morgan fingerprint density at radius 1 is 1.53 bits per heavy atom. The first kappa shape index (κ1) is 14.0. The highest BCUT2D eigenvalue weighted by atomic mass is 32.2. The molecule has 1 aliphatic rings. The summed E-state index contributed by atoms with van der Waals surface area (Å²) < 4.78 is 0. The topological polar surface area (TPSA) is 66.4 Å². The van der Waals surface area contributed by atoms with Crippen molar-refractivity contribution in [3.63, 3.8) is 0 Å². The van der Waals surface area contributed by atoms with Gasteiger partial charge in [-0.1, -0.05) is 19.6 Å². The zero-order valence-electron chi connectivity index (χ0n) is 10.5. The summed E-state index contributed by atoms with van der Waals surface area (Å²) in [5.41, 5.74) is 0. The summed E-state index contributed by atoms with van der Waals surface area (Å²) in [5, 5.41) is 15.9. The first-order chi connectivity index (χ1) is 7.82. The summed E-state index contributed by atoms with van der Waals surface area (Å²) in [5.74, 6) is -1.03. The normalized spacial score (nSPS) is 20.0. The molecule has 0 aromatic carbocycles. The van der Waals surface area contributed by atoms with Crippen LogP contribution in [0.4, 0.5) is 0 Å². The van der Waals surface area contributed by atoms with Gasteiger partial charge in [0.2, 0.25) is 0 Å². The van der Waals surface area contributed by atoms with Gasteiger partial charge in [-0.2, -0.15) is 0 Å². The zero-order chi connectivity index (χ0) is 13.2. The van der Waals surface area contributed by atoms with Crippen LogP contribution in [0.25, 0.3) is 0 Å². The van der Waals surface area contributed by atoms with Gasteiger partial charge < -0.3 is 10.4 Å². The Morgan fingerprint density at radius 3 is 2.47 bits per heavy atom. The lowest BCUT2D eigenvalue weighted by atomic mass is 10.4. The molecule has 0 saturated heterocycles. The summed E-state index contributed by atoms with van der Waals surface area (Å²) >= 11 is 0. The van der Waals surface area contributed by atoms with Gasteiger partial charge >= 0.3 is 5.97 Å². The van der Waals surface area contributed by atoms with Gasteiger partial charge in [0.25, 0.3) is 0 Å². The van der Waals surface area contributed by atoms with Crippen LogP contribution in [0.1, 0.15) is 6.92 Å². The fourth-order valence-electron chi connectivity index (χ4n) is 1.60. The van der Waals surface area contributed by atoms with Crippen LogP contribution in [-0.2, 0) is 9.59 Å². The third kappa shape index (κ3) is 2.77. The highest BCUT2D eigenvalue weighted by Crippen LogP contribution is 2.43. The molecule has 1 unspecified atom stereocenters. The standard InChI is InChI=1S/C11H17NO3SSi/c1-5-12-10-9(17(2,3)4)6-8(11(14)15)16(10)7-13/h6,12H,5H2,1-4H3,(H,14,15). The second kappa shape index (κ2) is 5.04. The van der Waals surface area contributed by atoms with Crippen LogP contribution in [-0.4, -0.2) is 30.9 Å². The van der Waals surface area contributed by atoms with Crippen LogP contribution in [0.3, 0.4) is 0 Å². The number of carbonyl (C=O) groups excluding carboxylic acids is 1. The molecule has 4 nitrogen and oxygen atoms in total. The van der Waals surface area contributed by atoms with Crippen LogP contribution in [0.5, 0.6) is 0 Å². The van der Waals surface area contributed by atoms with Crippen molar-refractivity contribution in [1.29, 1.82) is 0 Å². The molecule has 17 heavy (non-hydrogen) atoms. The Morgan fingerprint density at radius 2 is 2.12 bits per heavy atom. The number of hydrogen-bond donors (Lipinski definition) is 2. The molecular weight excluding hydrogens is 254 g/mol. The molecule has 1 rings (SSSR count).